The third-order valence-electron chi connectivity index (χ3n) is 5.65. The van der Waals surface area contributed by atoms with Crippen molar-refractivity contribution in [1.29, 1.82) is 0 Å². The molecule has 36 heavy (non-hydrogen) atoms. The second-order valence-electron chi connectivity index (χ2n) is 8.39. The number of nitrogens with zero attached hydrogens (tertiary/aromatic N) is 3. The molecule has 10 heteroatoms. The van der Waals surface area contributed by atoms with Crippen LogP contribution < -0.4 is 4.80 Å². The zero-order valence-corrected chi connectivity index (χ0v) is 22.6. The van der Waals surface area contributed by atoms with Crippen LogP contribution in [0.2, 0.25) is 0 Å². The highest BCUT2D eigenvalue weighted by molar-refractivity contribution is 7.89. The summed E-state index contributed by atoms with van der Waals surface area (Å²) in [5.74, 6) is 2.52. The molecule has 8 nitrogen and oxygen atoms in total. The van der Waals surface area contributed by atoms with Crippen LogP contribution in [0.4, 0.5) is 0 Å². The molecule has 0 aliphatic carbocycles. The van der Waals surface area contributed by atoms with Gasteiger partial charge in [0, 0.05) is 32.9 Å². The summed E-state index contributed by atoms with van der Waals surface area (Å²) < 4.78 is 40.4. The molecule has 0 unspecified atom stereocenters. The van der Waals surface area contributed by atoms with Crippen molar-refractivity contribution < 1.29 is 22.7 Å². The van der Waals surface area contributed by atoms with Crippen molar-refractivity contribution in [2.75, 3.05) is 40.5 Å². The summed E-state index contributed by atoms with van der Waals surface area (Å²) in [6.07, 6.45) is 5.57. The number of carbonyl (C=O) groups excluding carboxylic acids is 1. The van der Waals surface area contributed by atoms with Crippen molar-refractivity contribution >= 4 is 37.5 Å². The van der Waals surface area contributed by atoms with Gasteiger partial charge in [0.2, 0.25) is 10.0 Å². The second-order valence-corrected chi connectivity index (χ2v) is 11.3. The largest absolute Gasteiger partial charge is 0.383 e. The molecule has 0 aliphatic heterocycles. The van der Waals surface area contributed by atoms with Crippen LogP contribution in [-0.2, 0) is 26.0 Å². The van der Waals surface area contributed by atoms with Crippen molar-refractivity contribution in [3.63, 3.8) is 0 Å². The Hall–Kier alpha value is -2.81. The van der Waals surface area contributed by atoms with E-state index in [0.717, 1.165) is 10.2 Å². The van der Waals surface area contributed by atoms with E-state index in [0.29, 0.717) is 10.7 Å². The number of thiazole rings is 1. The van der Waals surface area contributed by atoms with Gasteiger partial charge in [0.25, 0.3) is 5.91 Å². The van der Waals surface area contributed by atoms with E-state index < -0.39 is 15.9 Å². The van der Waals surface area contributed by atoms with Gasteiger partial charge in [-0.15, -0.1) is 6.42 Å². The summed E-state index contributed by atoms with van der Waals surface area (Å²) in [5, 5.41) is 0. The first-order valence-corrected chi connectivity index (χ1v) is 13.7. The smallest absolute Gasteiger partial charge is 0.279 e. The summed E-state index contributed by atoms with van der Waals surface area (Å²) in [5.41, 5.74) is 2.39. The van der Waals surface area contributed by atoms with Gasteiger partial charge in [0.15, 0.2) is 4.80 Å². The molecule has 3 aromatic rings. The molecular formula is C26H31N3O5S2. The molecule has 3 rings (SSSR count). The molecular weight excluding hydrogens is 498 g/mol. The summed E-state index contributed by atoms with van der Waals surface area (Å²) in [6.45, 7) is 5.42. The predicted molar refractivity (Wildman–Crippen MR) is 142 cm³/mol. The third-order valence-corrected chi connectivity index (χ3v) is 8.60. The van der Waals surface area contributed by atoms with Crippen molar-refractivity contribution in [2.45, 2.75) is 31.2 Å². The number of fused-ring (bicyclic) bond motifs is 1. The Morgan fingerprint density at radius 1 is 1.11 bits per heavy atom. The minimum atomic E-state index is -3.78. The Morgan fingerprint density at radius 3 is 2.31 bits per heavy atom. The number of sulfonamides is 1. The lowest BCUT2D eigenvalue weighted by Crippen LogP contribution is -2.36. The van der Waals surface area contributed by atoms with E-state index in [9.17, 15) is 13.2 Å². The van der Waals surface area contributed by atoms with Crippen LogP contribution in [0.1, 0.15) is 35.7 Å². The molecule has 1 heterocycles. The molecule has 0 atom stereocenters. The summed E-state index contributed by atoms with van der Waals surface area (Å²) >= 11 is 1.40. The number of terminal acetylenes is 1. The normalized spacial score (nSPS) is 12.5. The first-order chi connectivity index (χ1) is 17.2. The van der Waals surface area contributed by atoms with E-state index in [-0.39, 0.29) is 43.3 Å². The van der Waals surface area contributed by atoms with E-state index in [1.807, 2.05) is 10.6 Å². The zero-order chi connectivity index (χ0) is 26.3. The van der Waals surface area contributed by atoms with E-state index in [1.165, 1.54) is 59.7 Å². The number of hydrogen-bond donors (Lipinski definition) is 0. The fourth-order valence-electron chi connectivity index (χ4n) is 3.59. The predicted octanol–water partition coefficient (Wildman–Crippen LogP) is 3.48. The number of benzene rings is 2. The molecule has 0 fully saturated rings. The van der Waals surface area contributed by atoms with Gasteiger partial charge in [-0.25, -0.2) is 8.42 Å². The van der Waals surface area contributed by atoms with E-state index in [2.05, 4.69) is 36.9 Å². The van der Waals surface area contributed by atoms with Crippen molar-refractivity contribution in [1.82, 2.24) is 8.87 Å². The van der Waals surface area contributed by atoms with Crippen LogP contribution >= 0.6 is 11.3 Å². The van der Waals surface area contributed by atoms with Crippen molar-refractivity contribution in [3.8, 4) is 12.3 Å². The van der Waals surface area contributed by atoms with Gasteiger partial charge in [0.1, 0.15) is 0 Å². The fraction of sp³-hybridized carbons (Fsp3) is 0.385. The van der Waals surface area contributed by atoms with Gasteiger partial charge in [-0.05, 0) is 47.9 Å². The minimum absolute atomic E-state index is 0.0803. The Balaban J connectivity index is 1.93. The molecule has 1 amide bonds. The molecule has 2 aromatic carbocycles. The van der Waals surface area contributed by atoms with Gasteiger partial charge in [0.05, 0.1) is 34.9 Å². The van der Waals surface area contributed by atoms with Crippen LogP contribution in [0.25, 0.3) is 10.2 Å². The molecule has 192 valence electrons. The van der Waals surface area contributed by atoms with Gasteiger partial charge < -0.3 is 14.0 Å². The minimum Gasteiger partial charge on any atom is -0.383 e. The maximum Gasteiger partial charge on any atom is 0.279 e. The molecule has 1 aromatic heterocycles. The Kier molecular flexibility index (Phi) is 9.59. The van der Waals surface area contributed by atoms with Gasteiger partial charge in [-0.2, -0.15) is 9.30 Å². The number of aromatic nitrogens is 1. The van der Waals surface area contributed by atoms with Crippen LogP contribution in [0.15, 0.2) is 52.4 Å². The zero-order valence-electron chi connectivity index (χ0n) is 20.9. The van der Waals surface area contributed by atoms with Gasteiger partial charge in [-0.1, -0.05) is 37.2 Å². The average molecular weight is 530 g/mol. The number of hydrogen-bond acceptors (Lipinski definition) is 6. The second kappa shape index (κ2) is 12.4. The Bertz CT molecular complexity index is 1410. The van der Waals surface area contributed by atoms with Crippen molar-refractivity contribution in [3.05, 3.63) is 58.4 Å². The Morgan fingerprint density at radius 2 is 1.75 bits per heavy atom. The van der Waals surface area contributed by atoms with E-state index in [4.69, 9.17) is 15.9 Å². The quantitative estimate of drug-likeness (QED) is 0.355. The lowest BCUT2D eigenvalue weighted by molar-refractivity contribution is 0.0998. The maximum atomic E-state index is 13.1. The molecule has 0 bridgehead atoms. The third kappa shape index (κ3) is 6.30. The number of methoxy groups -OCH3 is 2. The van der Waals surface area contributed by atoms with Crippen LogP contribution in [0, 0.1) is 12.3 Å². The molecule has 0 saturated carbocycles. The maximum absolute atomic E-state index is 13.1. The molecule has 0 saturated heterocycles. The average Bonchev–Trinajstić information content (AvgIpc) is 3.20. The topological polar surface area (TPSA) is 90.2 Å². The highest BCUT2D eigenvalue weighted by atomic mass is 32.2. The lowest BCUT2D eigenvalue weighted by atomic mass is 10.0. The molecule has 0 radical (unpaired) electrons. The van der Waals surface area contributed by atoms with Gasteiger partial charge >= 0.3 is 0 Å². The molecule has 0 N–H and O–H groups in total. The summed E-state index contributed by atoms with van der Waals surface area (Å²) in [6, 6.07) is 11.9. The van der Waals surface area contributed by atoms with Crippen LogP contribution in [0.5, 0.6) is 0 Å². The number of rotatable bonds is 11. The van der Waals surface area contributed by atoms with Gasteiger partial charge in [-0.3, -0.25) is 4.79 Å². The summed E-state index contributed by atoms with van der Waals surface area (Å²) in [7, 11) is -0.758. The van der Waals surface area contributed by atoms with E-state index in [1.54, 1.807) is 0 Å². The SMILES string of the molecule is C#CCn1c(=NC(=O)c2ccc(S(=O)(=O)N(CCOC)CCOC)cc2)sc2cc(C(C)C)ccc21. The Labute approximate surface area is 216 Å². The first kappa shape index (κ1) is 27.8. The first-order valence-electron chi connectivity index (χ1n) is 11.5. The molecule has 0 aliphatic rings. The highest BCUT2D eigenvalue weighted by Crippen LogP contribution is 2.24. The fourth-order valence-corrected chi connectivity index (χ4v) is 6.07. The van der Waals surface area contributed by atoms with E-state index >= 15 is 0 Å². The number of amides is 1. The van der Waals surface area contributed by atoms with Crippen LogP contribution in [0.3, 0.4) is 0 Å². The number of carbonyl (C=O) groups is 1. The molecule has 0 spiro atoms. The van der Waals surface area contributed by atoms with Crippen LogP contribution in [-0.4, -0.2) is 63.7 Å². The standard InChI is InChI=1S/C26H31N3O5S2/c1-6-13-29-23-12-9-21(19(2)3)18-24(23)35-26(29)27-25(30)20-7-10-22(11-8-20)36(31,32)28(14-16-33-4)15-17-34-5/h1,7-12,18-19H,13-17H2,2-5H3. The summed E-state index contributed by atoms with van der Waals surface area (Å²) in [4.78, 5) is 17.9. The lowest BCUT2D eigenvalue weighted by Gasteiger charge is -2.21. The number of ether oxygens (including phenoxy) is 2. The van der Waals surface area contributed by atoms with Crippen molar-refractivity contribution in [2.24, 2.45) is 4.99 Å². The monoisotopic (exact) mass is 529 g/mol. The highest BCUT2D eigenvalue weighted by Gasteiger charge is 2.24.